The van der Waals surface area contributed by atoms with Crippen molar-refractivity contribution in [1.82, 2.24) is 0 Å². The predicted molar refractivity (Wildman–Crippen MR) is 23.9 cm³/mol. The molecule has 5 heteroatoms. The number of hydrogen-bond acceptors (Lipinski definition) is 2. The Labute approximate surface area is 41.5 Å². The van der Waals surface area contributed by atoms with Crippen LogP contribution in [0.25, 0.3) is 0 Å². The van der Waals surface area contributed by atoms with Gasteiger partial charge in [0.25, 0.3) is 11.7 Å². The lowest BCUT2D eigenvalue weighted by Gasteiger charge is -1.77. The van der Waals surface area contributed by atoms with Crippen LogP contribution in [-0.2, 0) is 0 Å². The van der Waals surface area contributed by atoms with Gasteiger partial charge in [-0.05, 0) is 0 Å². The van der Waals surface area contributed by atoms with Crippen LogP contribution >= 0.6 is 0 Å². The SMILES string of the molecule is O=C(O)[B]C(=O)O.[HH]. The highest BCUT2D eigenvalue weighted by molar-refractivity contribution is 6.94. The van der Waals surface area contributed by atoms with E-state index in [2.05, 4.69) is 0 Å². The van der Waals surface area contributed by atoms with Crippen molar-refractivity contribution in [1.29, 1.82) is 0 Å². The van der Waals surface area contributed by atoms with Gasteiger partial charge in [-0.2, -0.15) is 0 Å². The molecule has 0 saturated heterocycles. The van der Waals surface area contributed by atoms with Gasteiger partial charge in [-0.15, -0.1) is 0 Å². The molecule has 0 aliphatic rings. The molecule has 2 N–H and O–H groups in total. The van der Waals surface area contributed by atoms with Crippen LogP contribution in [0, 0.1) is 0 Å². The van der Waals surface area contributed by atoms with Gasteiger partial charge in [0.05, 0.1) is 0 Å². The lowest BCUT2D eigenvalue weighted by molar-refractivity contribution is 0.213. The Balaban J connectivity index is 0. The van der Waals surface area contributed by atoms with E-state index in [4.69, 9.17) is 10.2 Å². The first-order valence-corrected chi connectivity index (χ1v) is 1.43. The van der Waals surface area contributed by atoms with Gasteiger partial charge in [-0.3, -0.25) is 9.59 Å². The molecule has 0 saturated carbocycles. The molecular formula is C2H4BO4. The number of carboxylic acid groups (broad SMARTS) is 2. The minimum atomic E-state index is -1.44. The fourth-order valence-corrected chi connectivity index (χ4v) is 0.106. The highest BCUT2D eigenvalue weighted by Crippen LogP contribution is 1.65. The van der Waals surface area contributed by atoms with Crippen molar-refractivity contribution < 1.29 is 21.2 Å². The first-order chi connectivity index (χ1) is 3.13. The Morgan fingerprint density at radius 2 is 1.57 bits per heavy atom. The second-order valence-corrected chi connectivity index (χ2v) is 0.821. The Hall–Kier alpha value is -0.995. The van der Waals surface area contributed by atoms with Crippen LogP contribution in [0.5, 0.6) is 0 Å². The third kappa shape index (κ3) is 5.00. The molecule has 0 atom stereocenters. The fourth-order valence-electron chi connectivity index (χ4n) is 0.106. The van der Waals surface area contributed by atoms with Crippen molar-refractivity contribution in [3.63, 3.8) is 0 Å². The number of carbonyl (C=O) groups is 2. The maximum atomic E-state index is 9.37. The zero-order valence-corrected chi connectivity index (χ0v) is 3.29. The van der Waals surface area contributed by atoms with E-state index in [0.717, 1.165) is 0 Å². The zero-order valence-electron chi connectivity index (χ0n) is 3.29. The molecule has 0 aromatic carbocycles. The normalized spacial score (nSPS) is 7.43. The summed E-state index contributed by atoms with van der Waals surface area (Å²) in [5.74, 6) is -2.87. The summed E-state index contributed by atoms with van der Waals surface area (Å²) in [6.45, 7) is 0. The molecule has 1 radical (unpaired) electrons. The van der Waals surface area contributed by atoms with Crippen LogP contribution in [0.1, 0.15) is 1.43 Å². The standard InChI is InChI=1S/C2H2BO4.H2/c4-1(5)3-2(6)7;/h(H,4,5)(H,6,7);1H. The molecule has 0 fully saturated rings. The number of hydrogen-bond donors (Lipinski definition) is 2. The highest BCUT2D eigenvalue weighted by Gasteiger charge is 2.07. The fraction of sp³-hybridized carbons (Fsp3) is 0. The lowest BCUT2D eigenvalue weighted by atomic mass is 9.80. The van der Waals surface area contributed by atoms with Gasteiger partial charge in [0, 0.05) is 1.43 Å². The van der Waals surface area contributed by atoms with Gasteiger partial charge < -0.3 is 10.2 Å². The molecule has 0 heterocycles. The summed E-state index contributed by atoms with van der Waals surface area (Å²) in [6.07, 6.45) is 0. The summed E-state index contributed by atoms with van der Waals surface area (Å²) in [6, 6.07) is 0. The Bertz CT molecular complexity index is 90.2. The molecule has 0 unspecified atom stereocenters. The third-order valence-electron chi connectivity index (χ3n) is 0.247. The quantitative estimate of drug-likeness (QED) is 0.492. The highest BCUT2D eigenvalue weighted by atomic mass is 16.4. The molecule has 0 bridgehead atoms. The molecule has 39 valence electrons. The molecule has 7 heavy (non-hydrogen) atoms. The summed E-state index contributed by atoms with van der Waals surface area (Å²) in [5, 5.41) is 15.3. The van der Waals surface area contributed by atoms with Gasteiger partial charge in [0.1, 0.15) is 0 Å². The molecule has 0 aromatic heterocycles. The summed E-state index contributed by atoms with van der Waals surface area (Å²) in [7, 11) is 0.167. The van der Waals surface area contributed by atoms with Crippen molar-refractivity contribution in [3.8, 4) is 0 Å². The topological polar surface area (TPSA) is 74.6 Å². The molecule has 0 aliphatic carbocycles. The maximum Gasteiger partial charge on any atom is 0.404 e. The van der Waals surface area contributed by atoms with Gasteiger partial charge in [0.15, 0.2) is 0 Å². The van der Waals surface area contributed by atoms with Gasteiger partial charge in [-0.25, -0.2) is 0 Å². The first-order valence-electron chi connectivity index (χ1n) is 1.43. The van der Waals surface area contributed by atoms with E-state index in [1.54, 1.807) is 0 Å². The molecular weight excluding hydrogens is 98.8 g/mol. The van der Waals surface area contributed by atoms with E-state index >= 15 is 0 Å². The number of rotatable bonds is 2. The van der Waals surface area contributed by atoms with E-state index in [-0.39, 0.29) is 8.71 Å². The van der Waals surface area contributed by atoms with Crippen molar-refractivity contribution in [2.45, 2.75) is 0 Å². The van der Waals surface area contributed by atoms with E-state index < -0.39 is 11.7 Å². The second kappa shape index (κ2) is 2.23. The van der Waals surface area contributed by atoms with E-state index in [1.165, 1.54) is 0 Å². The maximum absolute atomic E-state index is 9.37. The molecule has 0 rings (SSSR count). The molecule has 0 aromatic rings. The van der Waals surface area contributed by atoms with Crippen molar-refractivity contribution >= 4 is 19.0 Å². The summed E-state index contributed by atoms with van der Waals surface area (Å²) in [4.78, 5) is 18.7. The van der Waals surface area contributed by atoms with Crippen LogP contribution in [0.2, 0.25) is 0 Å². The minimum Gasteiger partial charge on any atom is -0.489 e. The van der Waals surface area contributed by atoms with Crippen LogP contribution in [-0.4, -0.2) is 29.2 Å². The van der Waals surface area contributed by atoms with Crippen molar-refractivity contribution in [2.24, 2.45) is 0 Å². The average Bonchev–Trinajstić information content (AvgIpc) is 1.27. The second-order valence-electron chi connectivity index (χ2n) is 0.821. The Morgan fingerprint density at radius 1 is 1.29 bits per heavy atom. The van der Waals surface area contributed by atoms with E-state index in [1.807, 2.05) is 0 Å². The smallest absolute Gasteiger partial charge is 0.404 e. The van der Waals surface area contributed by atoms with Crippen LogP contribution in [0.15, 0.2) is 0 Å². The van der Waals surface area contributed by atoms with Gasteiger partial charge >= 0.3 is 7.28 Å². The molecule has 0 amide bonds. The average molecular weight is 103 g/mol. The van der Waals surface area contributed by atoms with Crippen LogP contribution in [0.3, 0.4) is 0 Å². The minimum absolute atomic E-state index is 0. The first kappa shape index (κ1) is 6.00. The molecule has 0 aliphatic heterocycles. The molecule has 4 nitrogen and oxygen atoms in total. The lowest BCUT2D eigenvalue weighted by Crippen LogP contribution is -2.14. The largest absolute Gasteiger partial charge is 0.489 e. The van der Waals surface area contributed by atoms with Crippen LogP contribution in [0.4, 0.5) is 9.59 Å². The van der Waals surface area contributed by atoms with Crippen molar-refractivity contribution in [2.75, 3.05) is 0 Å². The Kier molecular flexibility index (Phi) is 1.91. The monoisotopic (exact) mass is 103 g/mol. The predicted octanol–water partition coefficient (Wildman–Crippen LogP) is 0.293. The summed E-state index contributed by atoms with van der Waals surface area (Å²) >= 11 is 0. The zero-order chi connectivity index (χ0) is 5.86. The van der Waals surface area contributed by atoms with Gasteiger partial charge in [-0.1, -0.05) is 0 Å². The third-order valence-corrected chi connectivity index (χ3v) is 0.247. The van der Waals surface area contributed by atoms with Crippen LogP contribution < -0.4 is 0 Å². The molecule has 0 spiro atoms. The summed E-state index contributed by atoms with van der Waals surface area (Å²) < 4.78 is 0. The van der Waals surface area contributed by atoms with E-state index in [0.29, 0.717) is 0 Å². The van der Waals surface area contributed by atoms with Gasteiger partial charge in [0.2, 0.25) is 0 Å². The van der Waals surface area contributed by atoms with E-state index in [9.17, 15) is 9.59 Å². The Morgan fingerprint density at radius 3 is 1.57 bits per heavy atom. The summed E-state index contributed by atoms with van der Waals surface area (Å²) in [5.41, 5.74) is 0. The van der Waals surface area contributed by atoms with Crippen molar-refractivity contribution in [3.05, 3.63) is 0 Å².